The Morgan fingerprint density at radius 1 is 1.45 bits per heavy atom. The van der Waals surface area contributed by atoms with Crippen LogP contribution in [0.4, 0.5) is 0 Å². The first-order valence-electron chi connectivity index (χ1n) is 7.31. The van der Waals surface area contributed by atoms with Gasteiger partial charge in [0.15, 0.2) is 0 Å². The number of nitrogens with one attached hydrogen (secondary N) is 1. The Hall–Kier alpha value is -0.430. The smallest absolute Gasteiger partial charge is 0.244 e. The molecule has 0 spiro atoms. The predicted molar refractivity (Wildman–Crippen MR) is 83.5 cm³/mol. The highest BCUT2D eigenvalue weighted by molar-refractivity contribution is 7.89. The zero-order valence-electron chi connectivity index (χ0n) is 12.4. The minimum Gasteiger partial charge on any atom is -0.309 e. The summed E-state index contributed by atoms with van der Waals surface area (Å²) >= 11 is 1.53. The number of thiophene rings is 1. The van der Waals surface area contributed by atoms with Crippen molar-refractivity contribution >= 4 is 21.4 Å². The Morgan fingerprint density at radius 2 is 2.15 bits per heavy atom. The molecule has 0 bridgehead atoms. The van der Waals surface area contributed by atoms with Crippen LogP contribution in [-0.2, 0) is 16.6 Å². The van der Waals surface area contributed by atoms with Crippen LogP contribution in [0.5, 0.6) is 0 Å². The van der Waals surface area contributed by atoms with Crippen LogP contribution >= 0.6 is 11.3 Å². The third-order valence-corrected chi connectivity index (χ3v) is 6.93. The van der Waals surface area contributed by atoms with Crippen molar-refractivity contribution in [1.29, 1.82) is 0 Å². The molecule has 6 heteroatoms. The predicted octanol–water partition coefficient (Wildman–Crippen LogP) is 2.81. The number of nitrogens with zero attached hydrogens (tertiary/aromatic N) is 1. The van der Waals surface area contributed by atoms with Gasteiger partial charge in [-0.1, -0.05) is 13.8 Å². The van der Waals surface area contributed by atoms with Crippen molar-refractivity contribution in [3.05, 3.63) is 16.3 Å². The van der Waals surface area contributed by atoms with Gasteiger partial charge in [-0.15, -0.1) is 11.3 Å². The molecule has 1 N–H and O–H groups in total. The summed E-state index contributed by atoms with van der Waals surface area (Å²) in [6, 6.07) is 2.50. The van der Waals surface area contributed by atoms with Crippen LogP contribution < -0.4 is 5.32 Å². The molecular formula is C14H24N2O2S2. The molecular weight excluding hydrogens is 292 g/mol. The molecule has 0 aliphatic heterocycles. The van der Waals surface area contributed by atoms with Gasteiger partial charge in [0.05, 0.1) is 4.90 Å². The fourth-order valence-corrected chi connectivity index (χ4v) is 5.11. The van der Waals surface area contributed by atoms with Crippen molar-refractivity contribution in [3.63, 3.8) is 0 Å². The van der Waals surface area contributed by atoms with Gasteiger partial charge in [-0.2, -0.15) is 4.31 Å². The minimum atomic E-state index is -3.35. The number of hydrogen-bond donors (Lipinski definition) is 1. The van der Waals surface area contributed by atoms with Gasteiger partial charge < -0.3 is 5.32 Å². The molecule has 1 atom stereocenters. The minimum absolute atomic E-state index is 0.0398. The van der Waals surface area contributed by atoms with Crippen LogP contribution in [0.3, 0.4) is 0 Å². The van der Waals surface area contributed by atoms with E-state index in [4.69, 9.17) is 0 Å². The van der Waals surface area contributed by atoms with Crippen LogP contribution in [0.25, 0.3) is 0 Å². The summed E-state index contributed by atoms with van der Waals surface area (Å²) in [6.07, 6.45) is 3.32. The summed E-state index contributed by atoms with van der Waals surface area (Å²) in [6.45, 7) is 7.17. The Labute approximate surface area is 126 Å². The zero-order chi connectivity index (χ0) is 14.8. The number of rotatable bonds is 8. The molecule has 1 fully saturated rings. The molecule has 1 aromatic heterocycles. The molecule has 0 amide bonds. The Bertz CT molecular complexity index is 535. The van der Waals surface area contributed by atoms with Crippen molar-refractivity contribution in [2.45, 2.75) is 63.6 Å². The van der Waals surface area contributed by atoms with E-state index in [1.165, 1.54) is 24.2 Å². The SMILES string of the molecule is CCC(C)N(CC)S(=O)(=O)c1csc(CNC2CC2)c1. The van der Waals surface area contributed by atoms with Gasteiger partial charge in [0.1, 0.15) is 0 Å². The van der Waals surface area contributed by atoms with Gasteiger partial charge in [-0.3, -0.25) is 0 Å². The standard InChI is InChI=1S/C14H24N2O2S2/c1-4-11(3)16(5-2)20(17,18)14-8-13(19-10-14)9-15-12-6-7-12/h8,10-12,15H,4-7,9H2,1-3H3. The molecule has 114 valence electrons. The lowest BCUT2D eigenvalue weighted by molar-refractivity contribution is 0.342. The molecule has 0 aromatic carbocycles. The van der Waals surface area contributed by atoms with E-state index in [2.05, 4.69) is 5.32 Å². The topological polar surface area (TPSA) is 49.4 Å². The largest absolute Gasteiger partial charge is 0.309 e. The van der Waals surface area contributed by atoms with Crippen molar-refractivity contribution in [2.75, 3.05) is 6.54 Å². The average molecular weight is 316 g/mol. The lowest BCUT2D eigenvalue weighted by Gasteiger charge is -2.25. The van der Waals surface area contributed by atoms with Crippen molar-refractivity contribution in [3.8, 4) is 0 Å². The fourth-order valence-electron chi connectivity index (χ4n) is 2.18. The van der Waals surface area contributed by atoms with Crippen LogP contribution in [-0.4, -0.2) is 31.4 Å². The third kappa shape index (κ3) is 3.61. The maximum absolute atomic E-state index is 12.6. The summed E-state index contributed by atoms with van der Waals surface area (Å²) in [7, 11) is -3.35. The van der Waals surface area contributed by atoms with E-state index in [0.717, 1.165) is 17.8 Å². The second-order valence-electron chi connectivity index (χ2n) is 5.37. The highest BCUT2D eigenvalue weighted by atomic mass is 32.2. The zero-order valence-corrected chi connectivity index (χ0v) is 14.1. The summed E-state index contributed by atoms with van der Waals surface area (Å²) in [5, 5.41) is 5.18. The summed E-state index contributed by atoms with van der Waals surface area (Å²) < 4.78 is 26.9. The van der Waals surface area contributed by atoms with Crippen molar-refractivity contribution in [1.82, 2.24) is 9.62 Å². The molecule has 1 aliphatic rings. The first-order chi connectivity index (χ1) is 9.48. The molecule has 1 saturated carbocycles. The van der Waals surface area contributed by atoms with Gasteiger partial charge in [0.2, 0.25) is 10.0 Å². The molecule has 20 heavy (non-hydrogen) atoms. The highest BCUT2D eigenvalue weighted by Crippen LogP contribution is 2.26. The molecule has 4 nitrogen and oxygen atoms in total. The lowest BCUT2D eigenvalue weighted by atomic mass is 10.3. The molecule has 1 heterocycles. The van der Waals surface area contributed by atoms with Gasteiger partial charge in [0, 0.05) is 35.4 Å². The third-order valence-electron chi connectivity index (χ3n) is 3.77. The second-order valence-corrected chi connectivity index (χ2v) is 8.26. The Morgan fingerprint density at radius 3 is 2.70 bits per heavy atom. The molecule has 1 aliphatic carbocycles. The average Bonchev–Trinajstić information content (AvgIpc) is 3.12. The quantitative estimate of drug-likeness (QED) is 0.802. The van der Waals surface area contributed by atoms with E-state index >= 15 is 0 Å². The normalized spacial score (nSPS) is 17.6. The number of sulfonamides is 1. The summed E-state index contributed by atoms with van der Waals surface area (Å²) in [5.41, 5.74) is 0. The molecule has 2 rings (SSSR count). The van der Waals surface area contributed by atoms with Crippen LogP contribution in [0.1, 0.15) is 44.9 Å². The molecule has 1 aromatic rings. The van der Waals surface area contributed by atoms with E-state index in [1.54, 1.807) is 9.69 Å². The van der Waals surface area contributed by atoms with Gasteiger partial charge in [-0.05, 0) is 32.3 Å². The van der Waals surface area contributed by atoms with Crippen LogP contribution in [0, 0.1) is 0 Å². The fraction of sp³-hybridized carbons (Fsp3) is 0.714. The first kappa shape index (κ1) is 15.9. The molecule has 1 unspecified atom stereocenters. The van der Waals surface area contributed by atoms with E-state index in [-0.39, 0.29) is 6.04 Å². The van der Waals surface area contributed by atoms with Gasteiger partial charge in [0.25, 0.3) is 0 Å². The molecule has 0 radical (unpaired) electrons. The molecule has 0 saturated heterocycles. The Balaban J connectivity index is 2.11. The second kappa shape index (κ2) is 6.56. The Kier molecular flexibility index (Phi) is 5.23. The summed E-state index contributed by atoms with van der Waals surface area (Å²) in [4.78, 5) is 1.54. The first-order valence-corrected chi connectivity index (χ1v) is 9.63. The maximum atomic E-state index is 12.6. The van der Waals surface area contributed by atoms with Crippen LogP contribution in [0.15, 0.2) is 16.3 Å². The lowest BCUT2D eigenvalue weighted by Crippen LogP contribution is -2.37. The van der Waals surface area contributed by atoms with Crippen molar-refractivity contribution < 1.29 is 8.42 Å². The van der Waals surface area contributed by atoms with Gasteiger partial charge in [-0.25, -0.2) is 8.42 Å². The van der Waals surface area contributed by atoms with Crippen molar-refractivity contribution in [2.24, 2.45) is 0 Å². The van der Waals surface area contributed by atoms with E-state index in [1.807, 2.05) is 26.8 Å². The van der Waals surface area contributed by atoms with E-state index < -0.39 is 10.0 Å². The monoisotopic (exact) mass is 316 g/mol. The van der Waals surface area contributed by atoms with Crippen LogP contribution in [0.2, 0.25) is 0 Å². The van der Waals surface area contributed by atoms with E-state index in [0.29, 0.717) is 17.5 Å². The highest BCUT2D eigenvalue weighted by Gasteiger charge is 2.28. The van der Waals surface area contributed by atoms with Gasteiger partial charge >= 0.3 is 0 Å². The summed E-state index contributed by atoms with van der Waals surface area (Å²) in [5.74, 6) is 0. The van der Waals surface area contributed by atoms with E-state index in [9.17, 15) is 8.42 Å². The maximum Gasteiger partial charge on any atom is 0.244 e. The number of hydrogen-bond acceptors (Lipinski definition) is 4.